The van der Waals surface area contributed by atoms with E-state index < -0.39 is 0 Å². The lowest BCUT2D eigenvalue weighted by molar-refractivity contribution is 0.0692. The summed E-state index contributed by atoms with van der Waals surface area (Å²) in [6.07, 6.45) is 3.04. The van der Waals surface area contributed by atoms with E-state index in [4.69, 9.17) is 0 Å². The number of nitrogens with zero attached hydrogens (tertiary/aromatic N) is 3. The Labute approximate surface area is 161 Å². The number of carbonyl (C=O) groups is 2. The van der Waals surface area contributed by atoms with Crippen LogP contribution in [0.5, 0.6) is 0 Å². The number of hydrogen-bond acceptors (Lipinski definition) is 4. The molecule has 0 saturated carbocycles. The van der Waals surface area contributed by atoms with Crippen LogP contribution in [0.4, 0.5) is 0 Å². The number of fused-ring (bicyclic) bond motifs is 1. The van der Waals surface area contributed by atoms with Gasteiger partial charge < -0.3 is 15.2 Å². The summed E-state index contributed by atoms with van der Waals surface area (Å²) in [4.78, 5) is 41.4. The highest BCUT2D eigenvalue weighted by Crippen LogP contribution is 2.15. The average molecular weight is 379 g/mol. The first kappa shape index (κ1) is 18.0. The molecule has 2 N–H and O–H groups in total. The molecule has 144 valence electrons. The Morgan fingerprint density at radius 3 is 2.61 bits per heavy atom. The Kier molecular flexibility index (Phi) is 4.68. The molecule has 0 radical (unpaired) electrons. The number of piperidine rings is 1. The summed E-state index contributed by atoms with van der Waals surface area (Å²) in [5, 5.41) is 7.28. The SMILES string of the molecule is Cc1cn2nc(C(=O)N3CCC(NC(=O)c4ccccc4)CC3)cc2c(=O)[nH]1. The van der Waals surface area contributed by atoms with Crippen LogP contribution in [0.3, 0.4) is 0 Å². The number of carbonyl (C=O) groups excluding carboxylic acids is 2. The molecule has 2 amide bonds. The van der Waals surface area contributed by atoms with Gasteiger partial charge in [-0.2, -0.15) is 5.10 Å². The highest BCUT2D eigenvalue weighted by atomic mass is 16.2. The van der Waals surface area contributed by atoms with E-state index >= 15 is 0 Å². The molecule has 0 unspecified atom stereocenters. The zero-order valence-electron chi connectivity index (χ0n) is 15.5. The first-order chi connectivity index (χ1) is 13.5. The number of amides is 2. The molecule has 3 aromatic rings. The monoisotopic (exact) mass is 379 g/mol. The molecule has 0 aliphatic carbocycles. The second-order valence-electron chi connectivity index (χ2n) is 7.03. The maximum Gasteiger partial charge on any atom is 0.274 e. The maximum atomic E-state index is 12.8. The summed E-state index contributed by atoms with van der Waals surface area (Å²) in [7, 11) is 0. The Morgan fingerprint density at radius 1 is 1.18 bits per heavy atom. The van der Waals surface area contributed by atoms with Gasteiger partial charge in [-0.3, -0.25) is 14.4 Å². The zero-order valence-corrected chi connectivity index (χ0v) is 15.5. The molecule has 1 aliphatic heterocycles. The molecule has 1 saturated heterocycles. The van der Waals surface area contributed by atoms with Gasteiger partial charge in [0.05, 0.1) is 0 Å². The first-order valence-electron chi connectivity index (χ1n) is 9.26. The van der Waals surface area contributed by atoms with Crippen molar-refractivity contribution in [3.63, 3.8) is 0 Å². The van der Waals surface area contributed by atoms with Gasteiger partial charge in [0.15, 0.2) is 5.69 Å². The molecule has 3 heterocycles. The van der Waals surface area contributed by atoms with Crippen molar-refractivity contribution in [2.45, 2.75) is 25.8 Å². The summed E-state index contributed by atoms with van der Waals surface area (Å²) < 4.78 is 1.44. The van der Waals surface area contributed by atoms with Crippen LogP contribution in [-0.2, 0) is 0 Å². The molecule has 1 aliphatic rings. The zero-order chi connectivity index (χ0) is 19.7. The number of H-pyrrole nitrogens is 1. The van der Waals surface area contributed by atoms with Crippen molar-refractivity contribution in [2.24, 2.45) is 0 Å². The normalized spacial score (nSPS) is 15.0. The number of likely N-dealkylation sites (tertiary alicyclic amines) is 1. The molecule has 2 aromatic heterocycles. The third-order valence-electron chi connectivity index (χ3n) is 4.97. The summed E-state index contributed by atoms with van der Waals surface area (Å²) in [6.45, 7) is 2.82. The Bertz CT molecular complexity index is 1080. The van der Waals surface area contributed by atoms with Crippen molar-refractivity contribution < 1.29 is 9.59 Å². The van der Waals surface area contributed by atoms with E-state index in [1.165, 1.54) is 10.6 Å². The van der Waals surface area contributed by atoms with Crippen LogP contribution >= 0.6 is 0 Å². The minimum absolute atomic E-state index is 0.0309. The van der Waals surface area contributed by atoms with E-state index in [0.29, 0.717) is 42.7 Å². The van der Waals surface area contributed by atoms with Gasteiger partial charge in [0.1, 0.15) is 5.52 Å². The molecular weight excluding hydrogens is 358 g/mol. The van der Waals surface area contributed by atoms with Crippen LogP contribution in [0, 0.1) is 6.92 Å². The molecule has 28 heavy (non-hydrogen) atoms. The number of aromatic nitrogens is 3. The van der Waals surface area contributed by atoms with Crippen molar-refractivity contribution in [1.82, 2.24) is 24.8 Å². The molecule has 8 heteroatoms. The van der Waals surface area contributed by atoms with Crippen LogP contribution < -0.4 is 10.9 Å². The number of benzene rings is 1. The first-order valence-corrected chi connectivity index (χ1v) is 9.26. The lowest BCUT2D eigenvalue weighted by Gasteiger charge is -2.32. The number of rotatable bonds is 3. The van der Waals surface area contributed by atoms with Crippen molar-refractivity contribution in [3.8, 4) is 0 Å². The third kappa shape index (κ3) is 3.53. The quantitative estimate of drug-likeness (QED) is 0.718. The summed E-state index contributed by atoms with van der Waals surface area (Å²) in [5.41, 5.74) is 1.64. The standard InChI is InChI=1S/C20H21N5O3/c1-13-12-25-17(19(27)21-13)11-16(23-25)20(28)24-9-7-15(8-10-24)22-18(26)14-5-3-2-4-6-14/h2-6,11-12,15H,7-10H2,1H3,(H,21,27)(H,22,26). The molecule has 1 aromatic carbocycles. The Hall–Kier alpha value is -3.42. The fourth-order valence-corrected chi connectivity index (χ4v) is 3.47. The predicted molar refractivity (Wildman–Crippen MR) is 103 cm³/mol. The molecule has 0 spiro atoms. The highest BCUT2D eigenvalue weighted by molar-refractivity contribution is 5.95. The van der Waals surface area contributed by atoms with Gasteiger partial charge in [0, 0.05) is 42.7 Å². The van der Waals surface area contributed by atoms with Crippen LogP contribution in [-0.4, -0.2) is 50.4 Å². The predicted octanol–water partition coefficient (Wildman–Crippen LogP) is 1.37. The topological polar surface area (TPSA) is 99.6 Å². The average Bonchev–Trinajstić information content (AvgIpc) is 3.13. The number of aromatic amines is 1. The fourth-order valence-electron chi connectivity index (χ4n) is 3.47. The third-order valence-corrected chi connectivity index (χ3v) is 4.97. The van der Waals surface area contributed by atoms with Gasteiger partial charge in [-0.15, -0.1) is 0 Å². The van der Waals surface area contributed by atoms with E-state index in [-0.39, 0.29) is 29.1 Å². The lowest BCUT2D eigenvalue weighted by atomic mass is 10.0. The van der Waals surface area contributed by atoms with Gasteiger partial charge in [-0.1, -0.05) is 18.2 Å². The minimum Gasteiger partial charge on any atom is -0.349 e. The smallest absolute Gasteiger partial charge is 0.274 e. The highest BCUT2D eigenvalue weighted by Gasteiger charge is 2.26. The van der Waals surface area contributed by atoms with Crippen LogP contribution in [0.1, 0.15) is 39.4 Å². The van der Waals surface area contributed by atoms with Crippen molar-refractivity contribution in [3.05, 3.63) is 69.9 Å². The summed E-state index contributed by atoms with van der Waals surface area (Å²) in [5.74, 6) is -0.297. The minimum atomic E-state index is -0.270. The van der Waals surface area contributed by atoms with Crippen molar-refractivity contribution in [1.29, 1.82) is 0 Å². The van der Waals surface area contributed by atoms with Gasteiger partial charge in [-0.25, -0.2) is 4.52 Å². The molecular formula is C20H21N5O3. The molecule has 8 nitrogen and oxygen atoms in total. The van der Waals surface area contributed by atoms with Gasteiger partial charge >= 0.3 is 0 Å². The Morgan fingerprint density at radius 2 is 1.89 bits per heavy atom. The second kappa shape index (κ2) is 7.30. The summed E-state index contributed by atoms with van der Waals surface area (Å²) >= 11 is 0. The molecule has 1 fully saturated rings. The summed E-state index contributed by atoms with van der Waals surface area (Å²) in [6, 6.07) is 10.6. The van der Waals surface area contributed by atoms with Crippen LogP contribution in [0.25, 0.3) is 5.52 Å². The van der Waals surface area contributed by atoms with Crippen LogP contribution in [0.2, 0.25) is 0 Å². The van der Waals surface area contributed by atoms with Crippen molar-refractivity contribution in [2.75, 3.05) is 13.1 Å². The maximum absolute atomic E-state index is 12.8. The van der Waals surface area contributed by atoms with E-state index in [9.17, 15) is 14.4 Å². The van der Waals surface area contributed by atoms with Crippen molar-refractivity contribution >= 4 is 17.3 Å². The number of nitrogens with one attached hydrogen (secondary N) is 2. The van der Waals surface area contributed by atoms with Crippen LogP contribution in [0.15, 0.2) is 47.4 Å². The lowest BCUT2D eigenvalue weighted by Crippen LogP contribution is -2.46. The molecule has 0 bridgehead atoms. The fraction of sp³-hybridized carbons (Fsp3) is 0.300. The largest absolute Gasteiger partial charge is 0.349 e. The van der Waals surface area contributed by atoms with Gasteiger partial charge in [0.2, 0.25) is 0 Å². The number of hydrogen-bond donors (Lipinski definition) is 2. The van der Waals surface area contributed by atoms with E-state index in [1.807, 2.05) is 18.2 Å². The van der Waals surface area contributed by atoms with E-state index in [1.54, 1.807) is 30.2 Å². The van der Waals surface area contributed by atoms with Gasteiger partial charge in [-0.05, 0) is 31.9 Å². The molecule has 4 rings (SSSR count). The Balaban J connectivity index is 1.40. The number of aryl methyl sites for hydroxylation is 1. The van der Waals surface area contributed by atoms with Gasteiger partial charge in [0.25, 0.3) is 17.4 Å². The van der Waals surface area contributed by atoms with E-state index in [0.717, 1.165) is 0 Å². The second-order valence-corrected chi connectivity index (χ2v) is 7.03. The van der Waals surface area contributed by atoms with E-state index in [2.05, 4.69) is 15.4 Å². The molecule has 0 atom stereocenters.